The van der Waals surface area contributed by atoms with E-state index in [2.05, 4.69) is 5.32 Å². The van der Waals surface area contributed by atoms with Crippen molar-refractivity contribution in [1.29, 1.82) is 0 Å². The molecule has 0 spiro atoms. The number of rotatable bonds is 3. The standard InChI is InChI=1S/C16H26N2O2S.ClH/c19-14(18-1-3-21-4-2-18)10-17-15-6-12-5-13(7-15)9-16(20,8-12)11-15;/h12-13,17,20H,1-11H2;1H. The van der Waals surface area contributed by atoms with Crippen LogP contribution in [-0.2, 0) is 4.79 Å². The van der Waals surface area contributed by atoms with Crippen molar-refractivity contribution in [2.45, 2.75) is 49.7 Å². The molecule has 6 heteroatoms. The fraction of sp³-hybridized carbons (Fsp3) is 0.938. The van der Waals surface area contributed by atoms with Gasteiger partial charge in [0, 0.05) is 30.1 Å². The summed E-state index contributed by atoms with van der Waals surface area (Å²) in [4.78, 5) is 14.4. The first-order valence-corrected chi connectivity index (χ1v) is 9.54. The van der Waals surface area contributed by atoms with Gasteiger partial charge in [-0.2, -0.15) is 11.8 Å². The summed E-state index contributed by atoms with van der Waals surface area (Å²) in [5.74, 6) is 3.73. The van der Waals surface area contributed by atoms with Crippen LogP contribution in [0.15, 0.2) is 0 Å². The van der Waals surface area contributed by atoms with E-state index in [4.69, 9.17) is 0 Å². The first-order valence-electron chi connectivity index (χ1n) is 8.39. The molecule has 1 saturated heterocycles. The van der Waals surface area contributed by atoms with Crippen LogP contribution >= 0.6 is 24.2 Å². The molecular weight excluding hydrogens is 320 g/mol. The monoisotopic (exact) mass is 346 g/mol. The summed E-state index contributed by atoms with van der Waals surface area (Å²) in [5, 5.41) is 14.3. The van der Waals surface area contributed by atoms with Gasteiger partial charge in [-0.3, -0.25) is 4.79 Å². The Balaban J connectivity index is 0.00000144. The highest BCUT2D eigenvalue weighted by atomic mass is 35.5. The highest BCUT2D eigenvalue weighted by Gasteiger charge is 2.57. The number of thioether (sulfide) groups is 1. The van der Waals surface area contributed by atoms with Crippen LogP contribution in [0, 0.1) is 11.8 Å². The van der Waals surface area contributed by atoms with E-state index in [1.807, 2.05) is 16.7 Å². The zero-order chi connectivity index (χ0) is 14.5. The Kier molecular flexibility index (Phi) is 4.72. The number of nitrogens with zero attached hydrogens (tertiary/aromatic N) is 1. The van der Waals surface area contributed by atoms with Crippen molar-refractivity contribution < 1.29 is 9.90 Å². The summed E-state index contributed by atoms with van der Waals surface area (Å²) in [6.07, 6.45) is 6.46. The summed E-state index contributed by atoms with van der Waals surface area (Å²) in [6, 6.07) is 0. The van der Waals surface area contributed by atoms with Crippen LogP contribution < -0.4 is 5.32 Å². The molecule has 4 nitrogen and oxygen atoms in total. The third kappa shape index (κ3) is 3.14. The lowest BCUT2D eigenvalue weighted by atomic mass is 9.51. The van der Waals surface area contributed by atoms with Gasteiger partial charge in [0.15, 0.2) is 0 Å². The molecule has 1 amide bonds. The molecule has 4 saturated carbocycles. The van der Waals surface area contributed by atoms with E-state index in [0.717, 1.165) is 56.7 Å². The van der Waals surface area contributed by atoms with Crippen molar-refractivity contribution in [3.05, 3.63) is 0 Å². The molecule has 5 aliphatic rings. The largest absolute Gasteiger partial charge is 0.390 e. The second-order valence-corrected chi connectivity index (χ2v) is 9.04. The van der Waals surface area contributed by atoms with E-state index in [9.17, 15) is 9.90 Å². The Morgan fingerprint density at radius 2 is 1.82 bits per heavy atom. The molecule has 5 rings (SSSR count). The molecule has 126 valence electrons. The molecule has 4 bridgehead atoms. The fourth-order valence-electron chi connectivity index (χ4n) is 5.61. The van der Waals surface area contributed by atoms with Gasteiger partial charge in [0.2, 0.25) is 5.91 Å². The smallest absolute Gasteiger partial charge is 0.236 e. The van der Waals surface area contributed by atoms with Gasteiger partial charge in [-0.25, -0.2) is 0 Å². The van der Waals surface area contributed by atoms with Gasteiger partial charge in [-0.05, 0) is 50.4 Å². The lowest BCUT2D eigenvalue weighted by Gasteiger charge is -2.60. The van der Waals surface area contributed by atoms with E-state index in [1.54, 1.807) is 0 Å². The quantitative estimate of drug-likeness (QED) is 0.816. The number of hydrogen-bond acceptors (Lipinski definition) is 4. The second-order valence-electron chi connectivity index (χ2n) is 7.81. The van der Waals surface area contributed by atoms with Gasteiger partial charge in [-0.15, -0.1) is 12.4 Å². The topological polar surface area (TPSA) is 52.6 Å². The Morgan fingerprint density at radius 1 is 1.18 bits per heavy atom. The molecule has 2 unspecified atom stereocenters. The summed E-state index contributed by atoms with van der Waals surface area (Å²) < 4.78 is 0. The molecule has 5 fully saturated rings. The van der Waals surface area contributed by atoms with Crippen LogP contribution in [-0.4, -0.2) is 58.2 Å². The van der Waals surface area contributed by atoms with Crippen molar-refractivity contribution in [1.82, 2.24) is 10.2 Å². The zero-order valence-electron chi connectivity index (χ0n) is 13.1. The molecule has 1 aliphatic heterocycles. The third-order valence-electron chi connectivity index (χ3n) is 6.01. The number of carbonyl (C=O) groups is 1. The average molecular weight is 347 g/mol. The molecule has 22 heavy (non-hydrogen) atoms. The van der Waals surface area contributed by atoms with Gasteiger partial charge in [0.1, 0.15) is 0 Å². The minimum atomic E-state index is -0.443. The van der Waals surface area contributed by atoms with Crippen LogP contribution in [0.25, 0.3) is 0 Å². The predicted molar refractivity (Wildman–Crippen MR) is 91.5 cm³/mol. The van der Waals surface area contributed by atoms with Gasteiger partial charge in [-0.1, -0.05) is 0 Å². The molecule has 1 heterocycles. The molecule has 0 aromatic heterocycles. The molecular formula is C16H27ClN2O2S. The summed E-state index contributed by atoms with van der Waals surface area (Å²) in [5.41, 5.74) is -0.402. The van der Waals surface area contributed by atoms with Crippen molar-refractivity contribution in [3.63, 3.8) is 0 Å². The van der Waals surface area contributed by atoms with E-state index >= 15 is 0 Å². The number of nitrogens with one attached hydrogen (secondary N) is 1. The zero-order valence-corrected chi connectivity index (χ0v) is 14.7. The highest BCUT2D eigenvalue weighted by molar-refractivity contribution is 7.99. The molecule has 0 radical (unpaired) electrons. The molecule has 0 aromatic rings. The maximum absolute atomic E-state index is 12.4. The summed E-state index contributed by atoms with van der Waals surface area (Å²) in [7, 11) is 0. The number of carbonyl (C=O) groups excluding carboxylic acids is 1. The Morgan fingerprint density at radius 3 is 2.41 bits per heavy atom. The van der Waals surface area contributed by atoms with E-state index in [1.165, 1.54) is 6.42 Å². The maximum atomic E-state index is 12.4. The maximum Gasteiger partial charge on any atom is 0.236 e. The van der Waals surface area contributed by atoms with E-state index < -0.39 is 5.60 Å². The first-order chi connectivity index (χ1) is 10.1. The molecule has 0 aromatic carbocycles. The molecule has 4 aliphatic carbocycles. The van der Waals surface area contributed by atoms with Gasteiger partial charge in [0.25, 0.3) is 0 Å². The van der Waals surface area contributed by atoms with Crippen molar-refractivity contribution in [2.24, 2.45) is 11.8 Å². The van der Waals surface area contributed by atoms with Crippen molar-refractivity contribution >= 4 is 30.1 Å². The number of aliphatic hydroxyl groups is 1. The average Bonchev–Trinajstić information content (AvgIpc) is 2.43. The summed E-state index contributed by atoms with van der Waals surface area (Å²) >= 11 is 1.93. The highest BCUT2D eigenvalue weighted by Crippen LogP contribution is 2.57. The SMILES string of the molecule is Cl.O=C(CNC12CC3CC(CC(O)(C3)C1)C2)N1CCSCC1. The van der Waals surface area contributed by atoms with E-state index in [-0.39, 0.29) is 23.9 Å². The minimum Gasteiger partial charge on any atom is -0.390 e. The van der Waals surface area contributed by atoms with Gasteiger partial charge >= 0.3 is 0 Å². The summed E-state index contributed by atoms with van der Waals surface area (Å²) in [6.45, 7) is 2.25. The Bertz CT molecular complexity index is 428. The Labute approximate surface area is 143 Å². The van der Waals surface area contributed by atoms with Crippen LogP contribution in [0.1, 0.15) is 38.5 Å². The van der Waals surface area contributed by atoms with Crippen LogP contribution in [0.2, 0.25) is 0 Å². The minimum absolute atomic E-state index is 0. The van der Waals surface area contributed by atoms with Gasteiger partial charge in [0.05, 0.1) is 12.1 Å². The fourth-order valence-corrected chi connectivity index (χ4v) is 6.51. The van der Waals surface area contributed by atoms with E-state index in [0.29, 0.717) is 18.4 Å². The van der Waals surface area contributed by atoms with Crippen LogP contribution in [0.3, 0.4) is 0 Å². The number of halogens is 1. The number of amides is 1. The predicted octanol–water partition coefficient (Wildman–Crippen LogP) is 1.66. The molecule has 2 atom stereocenters. The number of hydrogen-bond donors (Lipinski definition) is 2. The second kappa shape index (κ2) is 6.15. The third-order valence-corrected chi connectivity index (χ3v) is 6.95. The lowest BCUT2D eigenvalue weighted by Crippen LogP contribution is -2.65. The van der Waals surface area contributed by atoms with Crippen LogP contribution in [0.4, 0.5) is 0 Å². The Hall–Kier alpha value is 0.0300. The van der Waals surface area contributed by atoms with Crippen LogP contribution in [0.5, 0.6) is 0 Å². The molecule has 2 N–H and O–H groups in total. The van der Waals surface area contributed by atoms with Crippen molar-refractivity contribution in [2.75, 3.05) is 31.1 Å². The first kappa shape index (κ1) is 16.9. The van der Waals surface area contributed by atoms with Gasteiger partial charge < -0.3 is 15.3 Å². The normalized spacial score (nSPS) is 43.0. The lowest BCUT2D eigenvalue weighted by molar-refractivity contribution is -0.146. The van der Waals surface area contributed by atoms with Crippen molar-refractivity contribution in [3.8, 4) is 0 Å².